The SMILES string of the molecule is COc1ccc(CNC(=O)c2cn(C(C)=O)c3cc(F)ccc23)cc1. The summed E-state index contributed by atoms with van der Waals surface area (Å²) in [5.74, 6) is -0.336. The normalized spacial score (nSPS) is 10.7. The van der Waals surface area contributed by atoms with Crippen LogP contribution < -0.4 is 10.1 Å². The van der Waals surface area contributed by atoms with Crippen LogP contribution in [-0.4, -0.2) is 23.5 Å². The molecule has 3 aromatic rings. The van der Waals surface area contributed by atoms with E-state index >= 15 is 0 Å². The number of amides is 1. The molecule has 0 radical (unpaired) electrons. The second-order valence-corrected chi connectivity index (χ2v) is 5.62. The number of halogens is 1. The standard InChI is InChI=1S/C19H17FN2O3/c1-12(23)22-11-17(16-8-5-14(20)9-18(16)22)19(24)21-10-13-3-6-15(25-2)7-4-13/h3-9,11H,10H2,1-2H3,(H,21,24). The van der Waals surface area contributed by atoms with E-state index < -0.39 is 5.82 Å². The average molecular weight is 340 g/mol. The first-order chi connectivity index (χ1) is 12.0. The van der Waals surface area contributed by atoms with Crippen LogP contribution in [0.1, 0.15) is 27.6 Å². The molecule has 0 aliphatic heterocycles. The molecule has 0 bridgehead atoms. The van der Waals surface area contributed by atoms with Gasteiger partial charge in [-0.2, -0.15) is 0 Å². The zero-order chi connectivity index (χ0) is 18.0. The molecule has 0 saturated carbocycles. The highest BCUT2D eigenvalue weighted by molar-refractivity contribution is 6.09. The predicted octanol–water partition coefficient (Wildman–Crippen LogP) is 3.38. The van der Waals surface area contributed by atoms with Crippen molar-refractivity contribution in [1.82, 2.24) is 9.88 Å². The van der Waals surface area contributed by atoms with E-state index in [1.807, 2.05) is 24.3 Å². The molecule has 5 nitrogen and oxygen atoms in total. The topological polar surface area (TPSA) is 60.3 Å². The van der Waals surface area contributed by atoms with Crippen LogP contribution in [0, 0.1) is 5.82 Å². The molecule has 0 aliphatic carbocycles. The fourth-order valence-electron chi connectivity index (χ4n) is 2.66. The van der Waals surface area contributed by atoms with Gasteiger partial charge in [0.2, 0.25) is 5.91 Å². The zero-order valence-electron chi connectivity index (χ0n) is 13.9. The lowest BCUT2D eigenvalue weighted by Crippen LogP contribution is -2.22. The highest BCUT2D eigenvalue weighted by Gasteiger charge is 2.17. The molecule has 3 rings (SSSR count). The van der Waals surface area contributed by atoms with Crippen molar-refractivity contribution in [3.8, 4) is 5.75 Å². The summed E-state index contributed by atoms with van der Waals surface area (Å²) >= 11 is 0. The third kappa shape index (κ3) is 3.38. The number of carbonyl (C=O) groups excluding carboxylic acids is 2. The molecule has 0 atom stereocenters. The molecule has 1 N–H and O–H groups in total. The Hall–Kier alpha value is -3.15. The molecule has 2 aromatic carbocycles. The minimum atomic E-state index is -0.460. The number of fused-ring (bicyclic) bond motifs is 1. The van der Waals surface area contributed by atoms with Crippen molar-refractivity contribution < 1.29 is 18.7 Å². The number of carbonyl (C=O) groups is 2. The third-order valence-corrected chi connectivity index (χ3v) is 3.96. The van der Waals surface area contributed by atoms with Gasteiger partial charge in [0.1, 0.15) is 11.6 Å². The van der Waals surface area contributed by atoms with Gasteiger partial charge in [-0.3, -0.25) is 14.2 Å². The van der Waals surface area contributed by atoms with Gasteiger partial charge < -0.3 is 10.1 Å². The van der Waals surface area contributed by atoms with Crippen LogP contribution in [0.4, 0.5) is 4.39 Å². The number of hydrogen-bond donors (Lipinski definition) is 1. The number of rotatable bonds is 4. The van der Waals surface area contributed by atoms with Crippen LogP contribution in [-0.2, 0) is 6.54 Å². The molecule has 128 valence electrons. The van der Waals surface area contributed by atoms with Crippen molar-refractivity contribution in [2.24, 2.45) is 0 Å². The highest BCUT2D eigenvalue weighted by Crippen LogP contribution is 2.23. The number of methoxy groups -OCH3 is 1. The summed E-state index contributed by atoms with van der Waals surface area (Å²) in [6.07, 6.45) is 1.44. The van der Waals surface area contributed by atoms with E-state index in [2.05, 4.69) is 5.32 Å². The Labute approximate surface area is 144 Å². The van der Waals surface area contributed by atoms with Gasteiger partial charge in [0.05, 0.1) is 18.2 Å². The van der Waals surface area contributed by atoms with Crippen LogP contribution in [0.2, 0.25) is 0 Å². The number of benzene rings is 2. The van der Waals surface area contributed by atoms with E-state index in [1.165, 1.54) is 35.9 Å². The van der Waals surface area contributed by atoms with Gasteiger partial charge >= 0.3 is 0 Å². The highest BCUT2D eigenvalue weighted by atomic mass is 19.1. The smallest absolute Gasteiger partial charge is 0.253 e. The first kappa shape index (κ1) is 16.7. The summed E-state index contributed by atoms with van der Waals surface area (Å²) in [5, 5.41) is 3.34. The van der Waals surface area contributed by atoms with Crippen LogP contribution in [0.5, 0.6) is 5.75 Å². The molecular weight excluding hydrogens is 323 g/mol. The molecule has 6 heteroatoms. The van der Waals surface area contributed by atoms with Crippen molar-refractivity contribution in [2.75, 3.05) is 7.11 Å². The molecule has 1 amide bonds. The van der Waals surface area contributed by atoms with Gasteiger partial charge in [0.15, 0.2) is 0 Å². The Morgan fingerprint density at radius 3 is 2.52 bits per heavy atom. The van der Waals surface area contributed by atoms with Gasteiger partial charge in [0, 0.05) is 25.1 Å². The molecule has 1 heterocycles. The van der Waals surface area contributed by atoms with E-state index in [-0.39, 0.29) is 11.8 Å². The second-order valence-electron chi connectivity index (χ2n) is 5.62. The second kappa shape index (κ2) is 6.76. The molecule has 0 unspecified atom stereocenters. The number of nitrogens with one attached hydrogen (secondary N) is 1. The van der Waals surface area contributed by atoms with E-state index in [0.717, 1.165) is 11.3 Å². The fourth-order valence-corrected chi connectivity index (χ4v) is 2.66. The Bertz CT molecular complexity index is 945. The maximum absolute atomic E-state index is 13.5. The van der Waals surface area contributed by atoms with Crippen molar-refractivity contribution >= 4 is 22.7 Å². The van der Waals surface area contributed by atoms with E-state index in [0.29, 0.717) is 23.0 Å². The summed E-state index contributed by atoms with van der Waals surface area (Å²) in [6, 6.07) is 11.4. The molecule has 0 fully saturated rings. The maximum Gasteiger partial charge on any atom is 0.253 e. The molecule has 1 aromatic heterocycles. The zero-order valence-corrected chi connectivity index (χ0v) is 13.9. The summed E-state index contributed by atoms with van der Waals surface area (Å²) < 4.78 is 19.9. The predicted molar refractivity (Wildman–Crippen MR) is 92.4 cm³/mol. The Morgan fingerprint density at radius 2 is 1.88 bits per heavy atom. The number of aromatic nitrogens is 1. The first-order valence-electron chi connectivity index (χ1n) is 7.72. The monoisotopic (exact) mass is 340 g/mol. The van der Waals surface area contributed by atoms with Crippen LogP contribution in [0.3, 0.4) is 0 Å². The molecular formula is C19H17FN2O3. The van der Waals surface area contributed by atoms with Crippen molar-refractivity contribution in [2.45, 2.75) is 13.5 Å². The summed E-state index contributed by atoms with van der Waals surface area (Å²) in [5.41, 5.74) is 1.62. The van der Waals surface area contributed by atoms with Crippen LogP contribution in [0.15, 0.2) is 48.7 Å². The fraction of sp³-hybridized carbons (Fsp3) is 0.158. The van der Waals surface area contributed by atoms with Crippen LogP contribution in [0.25, 0.3) is 10.9 Å². The lowest BCUT2D eigenvalue weighted by Gasteiger charge is -2.06. The van der Waals surface area contributed by atoms with E-state index in [9.17, 15) is 14.0 Å². The van der Waals surface area contributed by atoms with Gasteiger partial charge in [-0.15, -0.1) is 0 Å². The van der Waals surface area contributed by atoms with Crippen molar-refractivity contribution in [1.29, 1.82) is 0 Å². The quantitative estimate of drug-likeness (QED) is 0.792. The summed E-state index contributed by atoms with van der Waals surface area (Å²) in [7, 11) is 1.59. The van der Waals surface area contributed by atoms with E-state index in [4.69, 9.17) is 4.74 Å². The van der Waals surface area contributed by atoms with Crippen molar-refractivity contribution in [3.05, 3.63) is 65.6 Å². The van der Waals surface area contributed by atoms with Gasteiger partial charge in [-0.25, -0.2) is 4.39 Å². The third-order valence-electron chi connectivity index (χ3n) is 3.96. The number of ether oxygens (including phenoxy) is 1. The molecule has 0 aliphatic rings. The Balaban J connectivity index is 1.85. The average Bonchev–Trinajstić information content (AvgIpc) is 2.99. The lowest BCUT2D eigenvalue weighted by molar-refractivity contribution is 0.0941. The largest absolute Gasteiger partial charge is 0.497 e. The van der Waals surface area contributed by atoms with Crippen molar-refractivity contribution in [3.63, 3.8) is 0 Å². The Kier molecular flexibility index (Phi) is 4.52. The molecule has 25 heavy (non-hydrogen) atoms. The number of nitrogens with zero attached hydrogens (tertiary/aromatic N) is 1. The van der Waals surface area contributed by atoms with Crippen LogP contribution >= 0.6 is 0 Å². The molecule has 0 saturated heterocycles. The summed E-state index contributed by atoms with van der Waals surface area (Å²) in [4.78, 5) is 24.3. The minimum Gasteiger partial charge on any atom is -0.497 e. The molecule has 0 spiro atoms. The summed E-state index contributed by atoms with van der Waals surface area (Å²) in [6.45, 7) is 1.69. The Morgan fingerprint density at radius 1 is 1.16 bits per heavy atom. The minimum absolute atomic E-state index is 0.287. The maximum atomic E-state index is 13.5. The first-order valence-corrected chi connectivity index (χ1v) is 7.72. The van der Waals surface area contributed by atoms with Gasteiger partial charge in [-0.05, 0) is 35.9 Å². The van der Waals surface area contributed by atoms with E-state index in [1.54, 1.807) is 7.11 Å². The number of hydrogen-bond acceptors (Lipinski definition) is 3. The lowest BCUT2D eigenvalue weighted by atomic mass is 10.1. The van der Waals surface area contributed by atoms with Gasteiger partial charge in [-0.1, -0.05) is 12.1 Å². The van der Waals surface area contributed by atoms with Gasteiger partial charge in [0.25, 0.3) is 5.91 Å².